The molecule has 6 rings (SSSR count). The minimum Gasteiger partial charge on any atom is -0.0985 e. The first kappa shape index (κ1) is 45.0. The van der Waals surface area contributed by atoms with E-state index in [9.17, 15) is 0 Å². The van der Waals surface area contributed by atoms with Crippen molar-refractivity contribution in [3.8, 4) is 0 Å². The van der Waals surface area contributed by atoms with E-state index in [0.717, 1.165) is 0 Å². The van der Waals surface area contributed by atoms with Gasteiger partial charge < -0.3 is 0 Å². The van der Waals surface area contributed by atoms with Crippen LogP contribution in [0.5, 0.6) is 0 Å². The lowest BCUT2D eigenvalue weighted by Gasteiger charge is -2.11. The summed E-state index contributed by atoms with van der Waals surface area (Å²) in [7, 11) is 0. The van der Waals surface area contributed by atoms with E-state index < -0.39 is 0 Å². The Balaban J connectivity index is 1.14. The van der Waals surface area contributed by atoms with Crippen LogP contribution in [0.4, 0.5) is 0 Å². The molecule has 0 atom stereocenters. The molecular formula is C62H64. The van der Waals surface area contributed by atoms with E-state index in [-0.39, 0.29) is 0 Å². The summed E-state index contributed by atoms with van der Waals surface area (Å²) in [5.74, 6) is 0. The van der Waals surface area contributed by atoms with E-state index in [0.29, 0.717) is 0 Å². The highest BCUT2D eigenvalue weighted by molar-refractivity contribution is 5.82. The molecule has 0 fully saturated rings. The molecule has 0 aliphatic rings. The number of benzene rings is 6. The van der Waals surface area contributed by atoms with Crippen molar-refractivity contribution in [1.82, 2.24) is 0 Å². The zero-order valence-corrected chi connectivity index (χ0v) is 39.3. The van der Waals surface area contributed by atoms with Crippen LogP contribution in [0.1, 0.15) is 134 Å². The molecule has 0 unspecified atom stereocenters. The third kappa shape index (κ3) is 10.5. The summed E-state index contributed by atoms with van der Waals surface area (Å²) >= 11 is 0. The van der Waals surface area contributed by atoms with Gasteiger partial charge in [0, 0.05) is 0 Å². The van der Waals surface area contributed by atoms with Gasteiger partial charge in [-0.15, -0.1) is 0 Å². The quantitative estimate of drug-likeness (QED) is 0.108. The molecule has 0 aromatic heterocycles. The van der Waals surface area contributed by atoms with Gasteiger partial charge in [0.1, 0.15) is 0 Å². The van der Waals surface area contributed by atoms with Crippen LogP contribution in [0.3, 0.4) is 0 Å². The smallest absolute Gasteiger partial charge is 0.0224 e. The summed E-state index contributed by atoms with van der Waals surface area (Å²) in [5.41, 5.74) is 30.0. The van der Waals surface area contributed by atoms with Crippen molar-refractivity contribution >= 4 is 72.9 Å². The second-order valence-corrected chi connectivity index (χ2v) is 17.5. The Bertz CT molecular complexity index is 2670. The van der Waals surface area contributed by atoms with Crippen molar-refractivity contribution in [2.24, 2.45) is 0 Å². The molecule has 6 aromatic carbocycles. The predicted octanol–water partition coefficient (Wildman–Crippen LogP) is 17.5. The Labute approximate surface area is 373 Å². The monoisotopic (exact) mass is 809 g/mol. The molecule has 0 bridgehead atoms. The first-order chi connectivity index (χ1) is 29.5. The lowest BCUT2D eigenvalue weighted by molar-refractivity contribution is 1.34. The molecule has 0 amide bonds. The van der Waals surface area contributed by atoms with Crippen LogP contribution < -0.4 is 0 Å². The molecule has 0 aliphatic carbocycles. The van der Waals surface area contributed by atoms with E-state index in [1.807, 2.05) is 12.2 Å². The number of hydrogen-bond donors (Lipinski definition) is 0. The van der Waals surface area contributed by atoms with Gasteiger partial charge in [-0.1, -0.05) is 159 Å². The Morgan fingerprint density at radius 3 is 0.403 bits per heavy atom. The van der Waals surface area contributed by atoms with Gasteiger partial charge >= 0.3 is 0 Å². The molecule has 0 N–H and O–H groups in total. The molecule has 0 aliphatic heterocycles. The molecule has 0 heteroatoms. The topological polar surface area (TPSA) is 0 Å². The lowest BCUT2D eigenvalue weighted by atomic mass is 9.94. The summed E-state index contributed by atoms with van der Waals surface area (Å²) in [4.78, 5) is 0. The normalized spacial score (nSPS) is 12.0. The Hall–Kier alpha value is -6.50. The Morgan fingerprint density at radius 2 is 0.290 bits per heavy atom. The minimum atomic E-state index is 1.19. The van der Waals surface area contributed by atoms with Crippen LogP contribution in [-0.4, -0.2) is 0 Å². The number of aryl methyl sites for hydroxylation is 12. The maximum Gasteiger partial charge on any atom is -0.0224 e. The third-order valence-electron chi connectivity index (χ3n) is 12.6. The van der Waals surface area contributed by atoms with Crippen LogP contribution in [0.2, 0.25) is 0 Å². The van der Waals surface area contributed by atoms with Crippen molar-refractivity contribution in [2.75, 3.05) is 0 Å². The molecule has 0 saturated heterocycles. The zero-order valence-electron chi connectivity index (χ0n) is 39.3. The molecule has 0 radical (unpaired) electrons. The highest BCUT2D eigenvalue weighted by Gasteiger charge is 2.08. The van der Waals surface area contributed by atoms with Gasteiger partial charge in [-0.05, 0) is 217 Å². The first-order valence-corrected chi connectivity index (χ1v) is 21.9. The van der Waals surface area contributed by atoms with Gasteiger partial charge in [0.2, 0.25) is 0 Å². The predicted molar refractivity (Wildman–Crippen MR) is 280 cm³/mol. The summed E-state index contributed by atoms with van der Waals surface area (Å²) < 4.78 is 0. The fourth-order valence-electron chi connectivity index (χ4n) is 8.30. The maximum absolute atomic E-state index is 3.95. The zero-order chi connectivity index (χ0) is 44.8. The van der Waals surface area contributed by atoms with Crippen molar-refractivity contribution in [3.05, 3.63) is 219 Å². The molecule has 0 heterocycles. The van der Waals surface area contributed by atoms with Gasteiger partial charge in [0.25, 0.3) is 0 Å². The molecule has 6 aromatic rings. The minimum absolute atomic E-state index is 1.19. The van der Waals surface area contributed by atoms with E-state index in [1.165, 1.54) is 134 Å². The van der Waals surface area contributed by atoms with Crippen LogP contribution in [-0.2, 0) is 0 Å². The van der Waals surface area contributed by atoms with Gasteiger partial charge in [0.15, 0.2) is 0 Å². The van der Waals surface area contributed by atoms with Gasteiger partial charge in [0.05, 0.1) is 0 Å². The second kappa shape index (κ2) is 19.5. The van der Waals surface area contributed by atoms with E-state index >= 15 is 0 Å². The summed E-state index contributed by atoms with van der Waals surface area (Å²) in [6.45, 7) is 34.2. The second-order valence-electron chi connectivity index (χ2n) is 17.5. The number of hydrogen-bond acceptors (Lipinski definition) is 0. The highest BCUT2D eigenvalue weighted by Crippen LogP contribution is 2.28. The molecule has 312 valence electrons. The average molecular weight is 809 g/mol. The Morgan fingerprint density at radius 1 is 0.194 bits per heavy atom. The van der Waals surface area contributed by atoms with Crippen molar-refractivity contribution in [2.45, 2.75) is 83.1 Å². The van der Waals surface area contributed by atoms with Crippen LogP contribution in [0.15, 0.2) is 86.0 Å². The summed E-state index contributed by atoms with van der Waals surface area (Å²) in [5, 5.41) is 0. The first-order valence-electron chi connectivity index (χ1n) is 21.9. The average Bonchev–Trinajstić information content (AvgIpc) is 3.23. The molecule has 0 spiro atoms. The van der Waals surface area contributed by atoms with Crippen molar-refractivity contribution in [1.29, 1.82) is 0 Å². The van der Waals surface area contributed by atoms with Gasteiger partial charge in [-0.3, -0.25) is 0 Å². The SMILES string of the molecule is C=Cc1cc(C)c(/C=C/c2cc(C)c(/C=C/c3cc(C)c(/C=C/c4cc(C)c(/C=C/c5cc(C)c(/C=C/c6cc(C)c(C=C)cc6C)cc5C)cc4C)cc3C)cc2C)cc1C. The maximum atomic E-state index is 3.95. The highest BCUT2D eigenvalue weighted by atomic mass is 14.1. The Kier molecular flexibility index (Phi) is 14.1. The summed E-state index contributed by atoms with van der Waals surface area (Å²) in [6, 6.07) is 27.4. The molecular weight excluding hydrogens is 745 g/mol. The van der Waals surface area contributed by atoms with Crippen LogP contribution >= 0.6 is 0 Å². The molecule has 0 saturated carbocycles. The molecule has 62 heavy (non-hydrogen) atoms. The largest absolute Gasteiger partial charge is 0.0985 e. The lowest BCUT2D eigenvalue weighted by Crippen LogP contribution is -1.91. The van der Waals surface area contributed by atoms with E-state index in [2.05, 4.69) is 230 Å². The van der Waals surface area contributed by atoms with Gasteiger partial charge in [-0.25, -0.2) is 0 Å². The van der Waals surface area contributed by atoms with Crippen molar-refractivity contribution < 1.29 is 0 Å². The van der Waals surface area contributed by atoms with E-state index in [4.69, 9.17) is 0 Å². The fourth-order valence-corrected chi connectivity index (χ4v) is 8.30. The van der Waals surface area contributed by atoms with E-state index in [1.54, 1.807) is 0 Å². The van der Waals surface area contributed by atoms with Crippen molar-refractivity contribution in [3.63, 3.8) is 0 Å². The third-order valence-corrected chi connectivity index (χ3v) is 12.6. The van der Waals surface area contributed by atoms with Crippen LogP contribution in [0, 0.1) is 83.1 Å². The fraction of sp³-hybridized carbons (Fsp3) is 0.194. The van der Waals surface area contributed by atoms with Crippen LogP contribution in [0.25, 0.3) is 72.9 Å². The summed E-state index contributed by atoms with van der Waals surface area (Å²) in [6.07, 6.45) is 26.4. The molecule has 0 nitrogen and oxygen atoms in total. The van der Waals surface area contributed by atoms with Gasteiger partial charge in [-0.2, -0.15) is 0 Å². The number of rotatable bonds is 12. The standard InChI is InChI=1S/C62H64/c1-15-51-27-41(5)53(29-39(51)3)17-19-55-31-45(9)57(33-43(55)7)21-23-59-35-49(13)61(37-47(59)11)25-26-62-38-48(12)60(36-50(62)14)24-22-58-34-44(8)56(32-46(58)10)20-18-54-30-40(4)52(16-2)28-42(54)6/h15-38H,1-2H2,3-14H3/b19-17+,20-18+,23-21+,24-22+,26-25+.